The lowest BCUT2D eigenvalue weighted by atomic mass is 10.1. The van der Waals surface area contributed by atoms with Crippen LogP contribution in [0, 0.1) is 0 Å². The van der Waals surface area contributed by atoms with Gasteiger partial charge in [0.2, 0.25) is 0 Å². The maximum absolute atomic E-state index is 11.8. The largest absolute Gasteiger partial charge is 0.484 e. The first-order chi connectivity index (χ1) is 11.3. The molecule has 0 radical (unpaired) electrons. The predicted octanol–water partition coefficient (Wildman–Crippen LogP) is 2.62. The number of aromatic nitrogens is 2. The van der Waals surface area contributed by atoms with Crippen molar-refractivity contribution >= 4 is 16.7 Å². The van der Waals surface area contributed by atoms with Crippen molar-refractivity contribution in [2.75, 3.05) is 13.2 Å². The fraction of sp³-hybridized carbons (Fsp3) is 0.222. The van der Waals surface area contributed by atoms with Gasteiger partial charge >= 0.3 is 0 Å². The Morgan fingerprint density at radius 3 is 2.83 bits per heavy atom. The summed E-state index contributed by atoms with van der Waals surface area (Å²) in [5.41, 5.74) is 0. The minimum atomic E-state index is -0.112. The number of carbonyl (C=O) groups excluding carboxylic acids is 1. The van der Waals surface area contributed by atoms with Gasteiger partial charge in [-0.2, -0.15) is 5.10 Å². The van der Waals surface area contributed by atoms with Crippen LogP contribution in [0.15, 0.2) is 60.9 Å². The molecule has 0 spiro atoms. The number of rotatable bonds is 7. The summed E-state index contributed by atoms with van der Waals surface area (Å²) in [6, 6.07) is 15.8. The first-order valence-electron chi connectivity index (χ1n) is 7.67. The lowest BCUT2D eigenvalue weighted by Crippen LogP contribution is -2.30. The molecule has 5 nitrogen and oxygen atoms in total. The molecule has 0 bridgehead atoms. The molecule has 1 N–H and O–H groups in total. The number of nitrogens with one attached hydrogen (secondary N) is 1. The molecule has 3 rings (SSSR count). The minimum Gasteiger partial charge on any atom is -0.484 e. The number of hydrogen-bond donors (Lipinski definition) is 1. The zero-order valence-electron chi connectivity index (χ0n) is 12.8. The summed E-state index contributed by atoms with van der Waals surface area (Å²) in [5.74, 6) is 0.592. The molecule has 0 aliphatic rings. The van der Waals surface area contributed by atoms with Crippen LogP contribution in [0.5, 0.6) is 5.75 Å². The molecule has 0 unspecified atom stereocenters. The Hall–Kier alpha value is -2.82. The number of fused-ring (bicyclic) bond motifs is 1. The lowest BCUT2D eigenvalue weighted by Gasteiger charge is -2.08. The smallest absolute Gasteiger partial charge is 0.257 e. The van der Waals surface area contributed by atoms with Gasteiger partial charge in [0.15, 0.2) is 6.61 Å². The summed E-state index contributed by atoms with van der Waals surface area (Å²) in [5, 5.41) is 9.22. The molecular weight excluding hydrogens is 290 g/mol. The molecule has 0 fully saturated rings. The maximum atomic E-state index is 11.8. The molecule has 1 heterocycles. The van der Waals surface area contributed by atoms with Crippen LogP contribution in [-0.4, -0.2) is 28.8 Å². The Balaban J connectivity index is 1.41. The van der Waals surface area contributed by atoms with E-state index >= 15 is 0 Å². The Kier molecular flexibility index (Phi) is 4.88. The highest BCUT2D eigenvalue weighted by Crippen LogP contribution is 2.20. The van der Waals surface area contributed by atoms with Crippen LogP contribution in [0.3, 0.4) is 0 Å². The summed E-state index contributed by atoms with van der Waals surface area (Å²) < 4.78 is 7.39. The van der Waals surface area contributed by atoms with Gasteiger partial charge in [0.05, 0.1) is 0 Å². The maximum Gasteiger partial charge on any atom is 0.257 e. The van der Waals surface area contributed by atoms with Crippen molar-refractivity contribution in [1.29, 1.82) is 0 Å². The Labute approximate surface area is 134 Å². The molecule has 5 heteroatoms. The standard InChI is InChI=1S/C18H19N3O2/c22-18(19-9-3-11-21-12-4-10-20-21)14-23-17-8-7-15-5-1-2-6-16(15)13-17/h1-2,4-8,10,12-13H,3,9,11,14H2,(H,19,22). The molecule has 2 aromatic carbocycles. The molecule has 0 saturated carbocycles. The van der Waals surface area contributed by atoms with Gasteiger partial charge in [-0.05, 0) is 35.4 Å². The first kappa shape index (κ1) is 15.1. The van der Waals surface area contributed by atoms with E-state index in [-0.39, 0.29) is 12.5 Å². The number of nitrogens with zero attached hydrogens (tertiary/aromatic N) is 2. The van der Waals surface area contributed by atoms with E-state index < -0.39 is 0 Å². The molecule has 0 aliphatic carbocycles. The highest BCUT2D eigenvalue weighted by atomic mass is 16.5. The molecule has 0 saturated heterocycles. The molecule has 0 atom stereocenters. The third kappa shape index (κ3) is 4.32. The second-order valence-electron chi connectivity index (χ2n) is 5.27. The van der Waals surface area contributed by atoms with Crippen LogP contribution >= 0.6 is 0 Å². The fourth-order valence-electron chi connectivity index (χ4n) is 2.36. The highest BCUT2D eigenvalue weighted by Gasteiger charge is 2.03. The minimum absolute atomic E-state index is 0.0279. The van der Waals surface area contributed by atoms with Crippen LogP contribution in [-0.2, 0) is 11.3 Å². The zero-order chi connectivity index (χ0) is 15.9. The Morgan fingerprint density at radius 2 is 2.00 bits per heavy atom. The normalized spacial score (nSPS) is 10.6. The number of aryl methyl sites for hydroxylation is 1. The first-order valence-corrected chi connectivity index (χ1v) is 7.67. The molecule has 1 aromatic heterocycles. The summed E-state index contributed by atoms with van der Waals surface area (Å²) in [7, 11) is 0. The van der Waals surface area contributed by atoms with E-state index in [1.54, 1.807) is 6.20 Å². The number of amides is 1. The van der Waals surface area contributed by atoms with Crippen LogP contribution in [0.25, 0.3) is 10.8 Å². The summed E-state index contributed by atoms with van der Waals surface area (Å²) >= 11 is 0. The number of ether oxygens (including phenoxy) is 1. The fourth-order valence-corrected chi connectivity index (χ4v) is 2.36. The van der Waals surface area contributed by atoms with E-state index in [9.17, 15) is 4.79 Å². The summed E-state index contributed by atoms with van der Waals surface area (Å²) in [4.78, 5) is 11.8. The second kappa shape index (κ2) is 7.45. The zero-order valence-corrected chi connectivity index (χ0v) is 12.8. The second-order valence-corrected chi connectivity index (χ2v) is 5.27. The van der Waals surface area contributed by atoms with Gasteiger partial charge in [0, 0.05) is 25.5 Å². The molecular formula is C18H19N3O2. The van der Waals surface area contributed by atoms with Crippen molar-refractivity contribution in [2.24, 2.45) is 0 Å². The van der Waals surface area contributed by atoms with Crippen LogP contribution < -0.4 is 10.1 Å². The van der Waals surface area contributed by atoms with E-state index in [0.717, 1.165) is 23.7 Å². The van der Waals surface area contributed by atoms with Gasteiger partial charge in [0.1, 0.15) is 5.75 Å². The van der Waals surface area contributed by atoms with Crippen LogP contribution in [0.2, 0.25) is 0 Å². The van der Waals surface area contributed by atoms with Crippen molar-refractivity contribution in [1.82, 2.24) is 15.1 Å². The van der Waals surface area contributed by atoms with Crippen molar-refractivity contribution in [3.8, 4) is 5.75 Å². The van der Waals surface area contributed by atoms with Gasteiger partial charge in [-0.3, -0.25) is 9.48 Å². The summed E-state index contributed by atoms with van der Waals surface area (Å²) in [6.45, 7) is 1.43. The molecule has 23 heavy (non-hydrogen) atoms. The molecule has 3 aromatic rings. The Bertz CT molecular complexity index is 769. The number of benzene rings is 2. The molecule has 0 aliphatic heterocycles. The van der Waals surface area contributed by atoms with Gasteiger partial charge in [-0.25, -0.2) is 0 Å². The highest BCUT2D eigenvalue weighted by molar-refractivity contribution is 5.84. The lowest BCUT2D eigenvalue weighted by molar-refractivity contribution is -0.123. The Morgan fingerprint density at radius 1 is 1.13 bits per heavy atom. The van der Waals surface area contributed by atoms with Crippen LogP contribution in [0.1, 0.15) is 6.42 Å². The third-order valence-electron chi connectivity index (χ3n) is 3.54. The molecule has 1 amide bonds. The van der Waals surface area contributed by atoms with E-state index in [0.29, 0.717) is 12.3 Å². The topological polar surface area (TPSA) is 56.1 Å². The quantitative estimate of drug-likeness (QED) is 0.683. The van der Waals surface area contributed by atoms with Gasteiger partial charge < -0.3 is 10.1 Å². The monoisotopic (exact) mass is 309 g/mol. The number of carbonyl (C=O) groups is 1. The van der Waals surface area contributed by atoms with Gasteiger partial charge in [-0.15, -0.1) is 0 Å². The van der Waals surface area contributed by atoms with Crippen molar-refractivity contribution < 1.29 is 9.53 Å². The van der Waals surface area contributed by atoms with E-state index in [4.69, 9.17) is 4.74 Å². The molecule has 118 valence electrons. The van der Waals surface area contributed by atoms with Crippen molar-refractivity contribution in [3.63, 3.8) is 0 Å². The average Bonchev–Trinajstić information content (AvgIpc) is 3.10. The van der Waals surface area contributed by atoms with E-state index in [2.05, 4.69) is 10.4 Å². The predicted molar refractivity (Wildman–Crippen MR) is 89.3 cm³/mol. The third-order valence-corrected chi connectivity index (χ3v) is 3.54. The van der Waals surface area contributed by atoms with Crippen molar-refractivity contribution in [2.45, 2.75) is 13.0 Å². The number of hydrogen-bond acceptors (Lipinski definition) is 3. The van der Waals surface area contributed by atoms with Gasteiger partial charge in [-0.1, -0.05) is 30.3 Å². The SMILES string of the molecule is O=C(COc1ccc2ccccc2c1)NCCCn1cccn1. The van der Waals surface area contributed by atoms with E-state index in [1.165, 1.54) is 0 Å². The van der Waals surface area contributed by atoms with Crippen LogP contribution in [0.4, 0.5) is 0 Å². The van der Waals surface area contributed by atoms with Gasteiger partial charge in [0.25, 0.3) is 5.91 Å². The summed E-state index contributed by atoms with van der Waals surface area (Å²) in [6.07, 6.45) is 4.49. The van der Waals surface area contributed by atoms with Crippen molar-refractivity contribution in [3.05, 3.63) is 60.9 Å². The van der Waals surface area contributed by atoms with E-state index in [1.807, 2.05) is 59.4 Å². The average molecular weight is 309 g/mol.